The van der Waals surface area contributed by atoms with E-state index in [1.54, 1.807) is 6.20 Å². The SMILES string of the molecule is COc1nc(N)ncc1CC(=O)NC1CN2CCC1CC2. The van der Waals surface area contributed by atoms with Crippen molar-refractivity contribution in [2.75, 3.05) is 32.5 Å². The van der Waals surface area contributed by atoms with Crippen molar-refractivity contribution in [3.63, 3.8) is 0 Å². The fourth-order valence-electron chi connectivity index (χ4n) is 3.26. The zero-order valence-electron chi connectivity index (χ0n) is 12.2. The van der Waals surface area contributed by atoms with Crippen molar-refractivity contribution in [2.45, 2.75) is 25.3 Å². The van der Waals surface area contributed by atoms with Crippen LogP contribution in [0, 0.1) is 5.92 Å². The molecular weight excluding hydrogens is 270 g/mol. The molecule has 3 aliphatic heterocycles. The minimum absolute atomic E-state index is 0.0135. The average molecular weight is 291 g/mol. The molecule has 4 heterocycles. The summed E-state index contributed by atoms with van der Waals surface area (Å²) in [5, 5.41) is 3.14. The number of nitrogen functional groups attached to an aromatic ring is 1. The second-order valence-corrected chi connectivity index (χ2v) is 5.75. The van der Waals surface area contributed by atoms with E-state index in [1.165, 1.54) is 20.0 Å². The third-order valence-corrected chi connectivity index (χ3v) is 4.39. The van der Waals surface area contributed by atoms with Crippen LogP contribution in [0.3, 0.4) is 0 Å². The van der Waals surface area contributed by atoms with Gasteiger partial charge in [-0.1, -0.05) is 0 Å². The van der Waals surface area contributed by atoms with Gasteiger partial charge < -0.3 is 20.7 Å². The van der Waals surface area contributed by atoms with Crippen molar-refractivity contribution in [1.82, 2.24) is 20.2 Å². The molecule has 114 valence electrons. The number of aromatic nitrogens is 2. The number of rotatable bonds is 4. The van der Waals surface area contributed by atoms with Gasteiger partial charge in [0.2, 0.25) is 17.7 Å². The van der Waals surface area contributed by atoms with E-state index < -0.39 is 0 Å². The molecule has 4 rings (SSSR count). The minimum atomic E-state index is -0.0135. The van der Waals surface area contributed by atoms with Gasteiger partial charge in [-0.25, -0.2) is 4.98 Å². The highest BCUT2D eigenvalue weighted by atomic mass is 16.5. The maximum absolute atomic E-state index is 12.2. The van der Waals surface area contributed by atoms with Gasteiger partial charge in [-0.3, -0.25) is 4.79 Å². The number of fused-ring (bicyclic) bond motifs is 3. The fraction of sp³-hybridized carbons (Fsp3) is 0.643. The second kappa shape index (κ2) is 5.85. The number of nitrogens with one attached hydrogen (secondary N) is 1. The van der Waals surface area contributed by atoms with E-state index in [0.717, 1.165) is 19.6 Å². The van der Waals surface area contributed by atoms with Crippen LogP contribution >= 0.6 is 0 Å². The first-order valence-electron chi connectivity index (χ1n) is 7.33. The Kier molecular flexibility index (Phi) is 3.92. The smallest absolute Gasteiger partial charge is 0.224 e. The van der Waals surface area contributed by atoms with E-state index in [-0.39, 0.29) is 24.3 Å². The number of hydrogen-bond acceptors (Lipinski definition) is 6. The third-order valence-electron chi connectivity index (χ3n) is 4.39. The van der Waals surface area contributed by atoms with Crippen LogP contribution in [0.25, 0.3) is 0 Å². The largest absolute Gasteiger partial charge is 0.481 e. The molecular formula is C14H21N5O2. The molecule has 0 aliphatic carbocycles. The van der Waals surface area contributed by atoms with Gasteiger partial charge in [-0.05, 0) is 31.8 Å². The van der Waals surface area contributed by atoms with Crippen molar-refractivity contribution in [2.24, 2.45) is 5.92 Å². The van der Waals surface area contributed by atoms with Gasteiger partial charge in [-0.2, -0.15) is 4.98 Å². The lowest BCUT2D eigenvalue weighted by atomic mass is 9.84. The highest BCUT2D eigenvalue weighted by Gasteiger charge is 2.34. The van der Waals surface area contributed by atoms with E-state index in [9.17, 15) is 4.79 Å². The highest BCUT2D eigenvalue weighted by Crippen LogP contribution is 2.27. The Morgan fingerprint density at radius 2 is 2.29 bits per heavy atom. The number of methoxy groups -OCH3 is 1. The first-order chi connectivity index (χ1) is 10.2. The molecule has 3 aliphatic rings. The van der Waals surface area contributed by atoms with E-state index in [2.05, 4.69) is 20.2 Å². The Morgan fingerprint density at radius 3 is 2.90 bits per heavy atom. The van der Waals surface area contributed by atoms with Gasteiger partial charge in [0, 0.05) is 24.3 Å². The molecule has 7 nitrogen and oxygen atoms in total. The number of piperidine rings is 3. The van der Waals surface area contributed by atoms with Crippen LogP contribution in [0.5, 0.6) is 5.88 Å². The number of carbonyl (C=O) groups is 1. The molecule has 7 heteroatoms. The maximum Gasteiger partial charge on any atom is 0.224 e. The lowest BCUT2D eigenvalue weighted by Crippen LogP contribution is -2.57. The molecule has 3 N–H and O–H groups in total. The molecule has 2 bridgehead atoms. The first-order valence-corrected chi connectivity index (χ1v) is 7.33. The van der Waals surface area contributed by atoms with Crippen LogP contribution in [-0.4, -0.2) is 53.6 Å². The molecule has 0 saturated carbocycles. The van der Waals surface area contributed by atoms with Crippen molar-refractivity contribution in [3.8, 4) is 5.88 Å². The molecule has 1 atom stereocenters. The molecule has 21 heavy (non-hydrogen) atoms. The van der Waals surface area contributed by atoms with Crippen molar-refractivity contribution in [1.29, 1.82) is 0 Å². The quantitative estimate of drug-likeness (QED) is 0.799. The van der Waals surface area contributed by atoms with E-state index >= 15 is 0 Å². The normalized spacial score (nSPS) is 27.4. The molecule has 1 aromatic heterocycles. The predicted octanol–water partition coefficient (Wildman–Crippen LogP) is -0.180. The molecule has 1 aromatic rings. The molecule has 1 unspecified atom stereocenters. The topological polar surface area (TPSA) is 93.4 Å². The Balaban J connectivity index is 1.62. The maximum atomic E-state index is 12.2. The van der Waals surface area contributed by atoms with E-state index in [1.807, 2.05) is 0 Å². The van der Waals surface area contributed by atoms with Crippen LogP contribution in [-0.2, 0) is 11.2 Å². The summed E-state index contributed by atoms with van der Waals surface area (Å²) >= 11 is 0. The lowest BCUT2D eigenvalue weighted by molar-refractivity contribution is -0.122. The summed E-state index contributed by atoms with van der Waals surface area (Å²) in [5.74, 6) is 1.11. The standard InChI is InChI=1S/C14H21N5O2/c1-21-13-10(7-16-14(15)18-13)6-12(20)17-11-8-19-4-2-9(11)3-5-19/h7,9,11H,2-6,8H2,1H3,(H,17,20)(H2,15,16,18). The Morgan fingerprint density at radius 1 is 1.52 bits per heavy atom. The van der Waals surface area contributed by atoms with Crippen LogP contribution in [0.4, 0.5) is 5.95 Å². The van der Waals surface area contributed by atoms with Gasteiger partial charge >= 0.3 is 0 Å². The number of hydrogen-bond donors (Lipinski definition) is 2. The van der Waals surface area contributed by atoms with Crippen molar-refractivity contribution < 1.29 is 9.53 Å². The second-order valence-electron chi connectivity index (χ2n) is 5.75. The number of nitrogens with zero attached hydrogens (tertiary/aromatic N) is 3. The van der Waals surface area contributed by atoms with Crippen LogP contribution in [0.15, 0.2) is 6.20 Å². The first kappa shape index (κ1) is 14.1. The Labute approximate surface area is 123 Å². The molecule has 0 radical (unpaired) electrons. The monoisotopic (exact) mass is 291 g/mol. The zero-order valence-corrected chi connectivity index (χ0v) is 12.2. The minimum Gasteiger partial charge on any atom is -0.481 e. The summed E-state index contributed by atoms with van der Waals surface area (Å²) in [6, 6.07) is 0.265. The zero-order chi connectivity index (χ0) is 14.8. The van der Waals surface area contributed by atoms with Gasteiger partial charge in [0.25, 0.3) is 0 Å². The molecule has 0 spiro atoms. The van der Waals surface area contributed by atoms with Gasteiger partial charge in [0.05, 0.1) is 13.5 Å². The van der Waals surface area contributed by atoms with Crippen molar-refractivity contribution in [3.05, 3.63) is 11.8 Å². The molecule has 3 fully saturated rings. The van der Waals surface area contributed by atoms with Crippen LogP contribution < -0.4 is 15.8 Å². The molecule has 0 aromatic carbocycles. The predicted molar refractivity (Wildman–Crippen MR) is 77.8 cm³/mol. The Hall–Kier alpha value is -1.89. The summed E-state index contributed by atoms with van der Waals surface area (Å²) < 4.78 is 5.15. The lowest BCUT2D eigenvalue weighted by Gasteiger charge is -2.44. The summed E-state index contributed by atoms with van der Waals surface area (Å²) in [4.78, 5) is 22.6. The Bertz CT molecular complexity index is 528. The summed E-state index contributed by atoms with van der Waals surface area (Å²) in [6.07, 6.45) is 4.13. The van der Waals surface area contributed by atoms with Crippen LogP contribution in [0.1, 0.15) is 18.4 Å². The number of ether oxygens (including phenoxy) is 1. The van der Waals surface area contributed by atoms with Crippen LogP contribution in [0.2, 0.25) is 0 Å². The summed E-state index contributed by atoms with van der Waals surface area (Å²) in [7, 11) is 1.51. The van der Waals surface area contributed by atoms with E-state index in [0.29, 0.717) is 17.4 Å². The molecule has 3 saturated heterocycles. The third kappa shape index (κ3) is 3.07. The number of amides is 1. The molecule has 1 amide bonds. The number of nitrogens with two attached hydrogens (primary N) is 1. The van der Waals surface area contributed by atoms with Gasteiger partial charge in [0.1, 0.15) is 0 Å². The van der Waals surface area contributed by atoms with Gasteiger partial charge in [0.15, 0.2) is 0 Å². The average Bonchev–Trinajstić information content (AvgIpc) is 2.50. The number of anilines is 1. The fourth-order valence-corrected chi connectivity index (χ4v) is 3.26. The summed E-state index contributed by atoms with van der Waals surface area (Å²) in [6.45, 7) is 3.29. The highest BCUT2D eigenvalue weighted by molar-refractivity contribution is 5.79. The number of carbonyl (C=O) groups excluding carboxylic acids is 1. The van der Waals surface area contributed by atoms with E-state index in [4.69, 9.17) is 10.5 Å². The summed E-state index contributed by atoms with van der Waals surface area (Å²) in [5.41, 5.74) is 6.17. The van der Waals surface area contributed by atoms with Gasteiger partial charge in [-0.15, -0.1) is 0 Å². The van der Waals surface area contributed by atoms with Crippen molar-refractivity contribution >= 4 is 11.9 Å².